The maximum absolute atomic E-state index is 12.1. The standard InChI is InChI=1S/C15H16N2O2/c1-11-5-7-13(8-6-11)10-17-9-3-4-14(15(17)19)16-12(2)18/h3-9H,10H2,1-2H3,(H,16,18). The first-order valence-electron chi connectivity index (χ1n) is 6.09. The van der Waals surface area contributed by atoms with Gasteiger partial charge in [-0.15, -0.1) is 0 Å². The average molecular weight is 256 g/mol. The quantitative estimate of drug-likeness (QED) is 0.915. The van der Waals surface area contributed by atoms with Crippen LogP contribution in [0.15, 0.2) is 47.4 Å². The summed E-state index contributed by atoms with van der Waals surface area (Å²) < 4.78 is 1.58. The van der Waals surface area contributed by atoms with Crippen LogP contribution in [0.3, 0.4) is 0 Å². The van der Waals surface area contributed by atoms with Crippen molar-refractivity contribution < 1.29 is 4.79 Å². The maximum Gasteiger partial charge on any atom is 0.274 e. The third-order valence-electron chi connectivity index (χ3n) is 2.80. The number of nitrogens with zero attached hydrogens (tertiary/aromatic N) is 1. The van der Waals surface area contributed by atoms with Gasteiger partial charge in [0.2, 0.25) is 5.91 Å². The van der Waals surface area contributed by atoms with Gasteiger partial charge in [-0.3, -0.25) is 9.59 Å². The van der Waals surface area contributed by atoms with Crippen molar-refractivity contribution in [2.24, 2.45) is 0 Å². The van der Waals surface area contributed by atoms with E-state index in [1.54, 1.807) is 22.9 Å². The number of carbonyl (C=O) groups is 1. The molecule has 1 amide bonds. The molecule has 4 heteroatoms. The number of hydrogen-bond acceptors (Lipinski definition) is 2. The lowest BCUT2D eigenvalue weighted by Gasteiger charge is -2.08. The molecule has 98 valence electrons. The molecule has 0 aliphatic rings. The molecule has 0 aliphatic heterocycles. The third-order valence-corrected chi connectivity index (χ3v) is 2.80. The molecule has 2 rings (SSSR count). The Bertz CT molecular complexity index is 642. The van der Waals surface area contributed by atoms with Gasteiger partial charge in [-0.25, -0.2) is 0 Å². The van der Waals surface area contributed by atoms with Crippen LogP contribution in [0.4, 0.5) is 5.69 Å². The summed E-state index contributed by atoms with van der Waals surface area (Å²) in [6.07, 6.45) is 1.72. The van der Waals surface area contributed by atoms with Gasteiger partial charge in [-0.1, -0.05) is 29.8 Å². The monoisotopic (exact) mass is 256 g/mol. The summed E-state index contributed by atoms with van der Waals surface area (Å²) >= 11 is 0. The summed E-state index contributed by atoms with van der Waals surface area (Å²) in [5.41, 5.74) is 2.34. The summed E-state index contributed by atoms with van der Waals surface area (Å²) in [6.45, 7) is 3.90. The van der Waals surface area contributed by atoms with Gasteiger partial charge in [0.25, 0.3) is 5.56 Å². The smallest absolute Gasteiger partial charge is 0.274 e. The van der Waals surface area contributed by atoms with E-state index < -0.39 is 0 Å². The van der Waals surface area contributed by atoms with Gasteiger partial charge in [0.1, 0.15) is 5.69 Å². The SMILES string of the molecule is CC(=O)Nc1cccn(Cc2ccc(C)cc2)c1=O. The van der Waals surface area contributed by atoms with E-state index in [2.05, 4.69) is 5.32 Å². The van der Waals surface area contributed by atoms with Gasteiger partial charge in [-0.2, -0.15) is 0 Å². The minimum Gasteiger partial charge on any atom is -0.322 e. The third kappa shape index (κ3) is 3.31. The van der Waals surface area contributed by atoms with Crippen LogP contribution in [-0.2, 0) is 11.3 Å². The van der Waals surface area contributed by atoms with E-state index in [0.717, 1.165) is 5.56 Å². The summed E-state index contributed by atoms with van der Waals surface area (Å²) in [7, 11) is 0. The number of anilines is 1. The molecule has 0 atom stereocenters. The van der Waals surface area contributed by atoms with E-state index in [9.17, 15) is 9.59 Å². The first kappa shape index (κ1) is 13.1. The van der Waals surface area contributed by atoms with Crippen molar-refractivity contribution in [2.75, 3.05) is 5.32 Å². The minimum atomic E-state index is -0.245. The fourth-order valence-electron chi connectivity index (χ4n) is 1.84. The minimum absolute atomic E-state index is 0.196. The van der Waals surface area contributed by atoms with E-state index in [1.165, 1.54) is 12.5 Å². The van der Waals surface area contributed by atoms with E-state index >= 15 is 0 Å². The average Bonchev–Trinajstić information content (AvgIpc) is 2.36. The molecule has 1 N–H and O–H groups in total. The Hall–Kier alpha value is -2.36. The van der Waals surface area contributed by atoms with Gasteiger partial charge in [0.05, 0.1) is 6.54 Å². The van der Waals surface area contributed by atoms with Gasteiger partial charge >= 0.3 is 0 Å². The summed E-state index contributed by atoms with van der Waals surface area (Å²) in [4.78, 5) is 23.1. The van der Waals surface area contributed by atoms with Gasteiger partial charge < -0.3 is 9.88 Å². The second-order valence-corrected chi connectivity index (χ2v) is 4.52. The van der Waals surface area contributed by atoms with Crippen molar-refractivity contribution in [3.63, 3.8) is 0 Å². The number of nitrogens with one attached hydrogen (secondary N) is 1. The molecule has 1 heterocycles. The Morgan fingerprint density at radius 1 is 1.21 bits per heavy atom. The number of rotatable bonds is 3. The number of hydrogen-bond donors (Lipinski definition) is 1. The van der Waals surface area contributed by atoms with Crippen LogP contribution in [-0.4, -0.2) is 10.5 Å². The van der Waals surface area contributed by atoms with Crippen LogP contribution in [0.2, 0.25) is 0 Å². The Kier molecular flexibility index (Phi) is 3.80. The molecule has 0 unspecified atom stereocenters. The molecule has 0 saturated carbocycles. The highest BCUT2D eigenvalue weighted by atomic mass is 16.2. The van der Waals surface area contributed by atoms with Gasteiger partial charge in [-0.05, 0) is 24.6 Å². The molecule has 4 nitrogen and oxygen atoms in total. The second kappa shape index (κ2) is 5.52. The molecule has 1 aromatic heterocycles. The van der Waals surface area contributed by atoms with Crippen molar-refractivity contribution in [3.8, 4) is 0 Å². The highest BCUT2D eigenvalue weighted by molar-refractivity contribution is 5.88. The Labute approximate surface area is 111 Å². The number of amides is 1. The summed E-state index contributed by atoms with van der Waals surface area (Å²) in [6, 6.07) is 11.4. The number of benzene rings is 1. The molecule has 1 aromatic carbocycles. The zero-order valence-electron chi connectivity index (χ0n) is 11.0. The van der Waals surface area contributed by atoms with E-state index in [4.69, 9.17) is 0 Å². The molecule has 2 aromatic rings. The number of aryl methyl sites for hydroxylation is 1. The topological polar surface area (TPSA) is 51.1 Å². The van der Waals surface area contributed by atoms with Gasteiger partial charge in [0.15, 0.2) is 0 Å². The lowest BCUT2D eigenvalue weighted by molar-refractivity contribution is -0.114. The zero-order valence-corrected chi connectivity index (χ0v) is 11.0. The Balaban J connectivity index is 2.28. The van der Waals surface area contributed by atoms with Crippen molar-refractivity contribution in [1.82, 2.24) is 4.57 Å². The lowest BCUT2D eigenvalue weighted by atomic mass is 10.1. The Morgan fingerprint density at radius 2 is 1.89 bits per heavy atom. The van der Waals surface area contributed by atoms with Crippen LogP contribution in [0, 0.1) is 6.92 Å². The first-order chi connectivity index (χ1) is 9.06. The zero-order chi connectivity index (χ0) is 13.8. The normalized spacial score (nSPS) is 10.2. The molecule has 0 aliphatic carbocycles. The van der Waals surface area contributed by atoms with E-state index in [-0.39, 0.29) is 11.5 Å². The number of aromatic nitrogens is 1. The van der Waals surface area contributed by atoms with Crippen molar-refractivity contribution in [2.45, 2.75) is 20.4 Å². The number of carbonyl (C=O) groups excluding carboxylic acids is 1. The first-order valence-corrected chi connectivity index (χ1v) is 6.09. The van der Waals surface area contributed by atoms with Crippen molar-refractivity contribution in [3.05, 3.63) is 64.1 Å². The molecule has 0 radical (unpaired) electrons. The summed E-state index contributed by atoms with van der Waals surface area (Å²) in [5, 5.41) is 2.54. The summed E-state index contributed by atoms with van der Waals surface area (Å²) in [5.74, 6) is -0.245. The molecule has 19 heavy (non-hydrogen) atoms. The lowest BCUT2D eigenvalue weighted by Crippen LogP contribution is -2.24. The Morgan fingerprint density at radius 3 is 2.53 bits per heavy atom. The molecule has 0 spiro atoms. The van der Waals surface area contributed by atoms with Crippen LogP contribution in [0.1, 0.15) is 18.1 Å². The van der Waals surface area contributed by atoms with Gasteiger partial charge in [0, 0.05) is 13.1 Å². The molecule has 0 saturated heterocycles. The second-order valence-electron chi connectivity index (χ2n) is 4.52. The van der Waals surface area contributed by atoms with Crippen molar-refractivity contribution in [1.29, 1.82) is 0 Å². The molecule has 0 fully saturated rings. The highest BCUT2D eigenvalue weighted by Gasteiger charge is 2.04. The van der Waals surface area contributed by atoms with Crippen LogP contribution in [0.25, 0.3) is 0 Å². The van der Waals surface area contributed by atoms with Crippen LogP contribution < -0.4 is 10.9 Å². The maximum atomic E-state index is 12.1. The molecular weight excluding hydrogens is 240 g/mol. The predicted octanol–water partition coefficient (Wildman–Crippen LogP) is 2.16. The van der Waals surface area contributed by atoms with Crippen LogP contribution >= 0.6 is 0 Å². The van der Waals surface area contributed by atoms with Crippen molar-refractivity contribution >= 4 is 11.6 Å². The fourth-order valence-corrected chi connectivity index (χ4v) is 1.84. The number of pyridine rings is 1. The fraction of sp³-hybridized carbons (Fsp3) is 0.200. The molecular formula is C15H16N2O2. The van der Waals surface area contributed by atoms with Crippen LogP contribution in [0.5, 0.6) is 0 Å². The molecule has 0 bridgehead atoms. The van der Waals surface area contributed by atoms with E-state index in [1.807, 2.05) is 31.2 Å². The highest BCUT2D eigenvalue weighted by Crippen LogP contribution is 2.06. The largest absolute Gasteiger partial charge is 0.322 e. The van der Waals surface area contributed by atoms with E-state index in [0.29, 0.717) is 12.2 Å². The predicted molar refractivity (Wildman–Crippen MR) is 75.3 cm³/mol.